The molecule has 0 amide bonds. The van der Waals surface area contributed by atoms with Crippen molar-refractivity contribution in [3.05, 3.63) is 0 Å². The lowest BCUT2D eigenvalue weighted by Gasteiger charge is -2.17. The van der Waals surface area contributed by atoms with Crippen molar-refractivity contribution in [2.45, 2.75) is 25.5 Å². The van der Waals surface area contributed by atoms with Gasteiger partial charge in [-0.25, -0.2) is 0 Å². The normalized spacial score (nSPS) is 16.6. The Hall–Kier alpha value is 0.710. The Labute approximate surface area is 72.6 Å². The maximum absolute atomic E-state index is 11.0. The highest BCUT2D eigenvalue weighted by atomic mass is 127. The molecule has 0 heterocycles. The van der Waals surface area contributed by atoms with Crippen LogP contribution in [0.5, 0.6) is 0 Å². The van der Waals surface area contributed by atoms with E-state index < -0.39 is 11.4 Å². The predicted octanol–water partition coefficient (Wildman–Crippen LogP) is 1.91. The van der Waals surface area contributed by atoms with E-state index in [4.69, 9.17) is 0 Å². The SMILES string of the molecule is CC(C)(C)[S@+]([O-])/N=C/I. The topological polar surface area (TPSA) is 35.4 Å². The summed E-state index contributed by atoms with van der Waals surface area (Å²) >= 11 is 0.883. The van der Waals surface area contributed by atoms with Gasteiger partial charge in [-0.2, -0.15) is 0 Å². The summed E-state index contributed by atoms with van der Waals surface area (Å²) in [5, 5.41) is 0. The molecule has 0 fully saturated rings. The first-order chi connectivity index (χ1) is 3.98. The van der Waals surface area contributed by atoms with Crippen molar-refractivity contribution in [2.24, 2.45) is 4.40 Å². The molecule has 1 atom stereocenters. The molecule has 0 aliphatic heterocycles. The first kappa shape index (κ1) is 9.71. The second kappa shape index (κ2) is 3.78. The number of rotatable bonds is 1. The molecule has 0 saturated carbocycles. The van der Waals surface area contributed by atoms with Gasteiger partial charge in [0.05, 0.1) is 0 Å². The van der Waals surface area contributed by atoms with E-state index in [1.54, 1.807) is 4.22 Å². The summed E-state index contributed by atoms with van der Waals surface area (Å²) in [5.41, 5.74) is 0. The molecule has 0 N–H and O–H groups in total. The molecular formula is C5H10INOS. The van der Waals surface area contributed by atoms with Gasteiger partial charge in [-0.15, -0.1) is 0 Å². The van der Waals surface area contributed by atoms with E-state index in [1.165, 1.54) is 0 Å². The number of hydrogen-bond donors (Lipinski definition) is 0. The minimum Gasteiger partial charge on any atom is -0.591 e. The fraction of sp³-hybridized carbons (Fsp3) is 0.800. The Morgan fingerprint density at radius 3 is 2.11 bits per heavy atom. The van der Waals surface area contributed by atoms with Crippen LogP contribution < -0.4 is 0 Å². The summed E-state index contributed by atoms with van der Waals surface area (Å²) in [4.78, 5) is 0. The highest BCUT2D eigenvalue weighted by molar-refractivity contribution is 14.1. The maximum atomic E-state index is 11.0. The minimum atomic E-state index is -1.08. The third-order valence-corrected chi connectivity index (χ3v) is 2.66. The second-order valence-electron chi connectivity index (χ2n) is 2.56. The van der Waals surface area contributed by atoms with Crippen molar-refractivity contribution in [3.8, 4) is 0 Å². The van der Waals surface area contributed by atoms with Crippen LogP contribution in [0.2, 0.25) is 0 Å². The molecule has 54 valence electrons. The summed E-state index contributed by atoms with van der Waals surface area (Å²) < 4.78 is 16.0. The predicted molar refractivity (Wildman–Crippen MR) is 50.4 cm³/mol. The van der Waals surface area contributed by atoms with Crippen LogP contribution in [-0.4, -0.2) is 13.5 Å². The molecular weight excluding hydrogens is 249 g/mol. The summed E-state index contributed by atoms with van der Waals surface area (Å²) in [7, 11) is 0. The zero-order valence-corrected chi connectivity index (χ0v) is 8.69. The van der Waals surface area contributed by atoms with Gasteiger partial charge in [0.15, 0.2) is 0 Å². The van der Waals surface area contributed by atoms with Crippen molar-refractivity contribution >= 4 is 38.2 Å². The van der Waals surface area contributed by atoms with Crippen LogP contribution in [0.4, 0.5) is 0 Å². The van der Waals surface area contributed by atoms with Crippen LogP contribution in [0.1, 0.15) is 20.8 Å². The van der Waals surface area contributed by atoms with E-state index >= 15 is 0 Å². The molecule has 0 spiro atoms. The first-order valence-electron chi connectivity index (χ1n) is 2.53. The fourth-order valence-corrected chi connectivity index (χ4v) is 1.20. The number of hydrogen-bond acceptors (Lipinski definition) is 2. The lowest BCUT2D eigenvalue weighted by Crippen LogP contribution is -2.25. The van der Waals surface area contributed by atoms with Crippen LogP contribution >= 0.6 is 22.6 Å². The Balaban J connectivity index is 3.88. The van der Waals surface area contributed by atoms with Gasteiger partial charge in [0.2, 0.25) is 0 Å². The molecule has 0 unspecified atom stereocenters. The molecule has 0 aromatic rings. The van der Waals surface area contributed by atoms with Crippen molar-refractivity contribution in [3.63, 3.8) is 0 Å². The smallest absolute Gasteiger partial charge is 0.144 e. The maximum Gasteiger partial charge on any atom is 0.144 e. The molecule has 0 radical (unpaired) electrons. The van der Waals surface area contributed by atoms with Crippen molar-refractivity contribution < 1.29 is 4.55 Å². The molecule has 0 aromatic carbocycles. The summed E-state index contributed by atoms with van der Waals surface area (Å²) in [6.45, 7) is 5.69. The van der Waals surface area contributed by atoms with Crippen LogP contribution in [-0.2, 0) is 11.4 Å². The van der Waals surface area contributed by atoms with Gasteiger partial charge in [0, 0.05) is 0 Å². The number of nitrogens with zero attached hydrogens (tertiary/aromatic N) is 1. The van der Waals surface area contributed by atoms with Crippen molar-refractivity contribution in [1.82, 2.24) is 0 Å². The van der Waals surface area contributed by atoms with Gasteiger partial charge in [-0.3, -0.25) is 0 Å². The lowest BCUT2D eigenvalue weighted by molar-refractivity contribution is 0.562. The minimum absolute atomic E-state index is 0.221. The monoisotopic (exact) mass is 259 g/mol. The largest absolute Gasteiger partial charge is 0.591 e. The molecule has 0 aliphatic rings. The molecule has 9 heavy (non-hydrogen) atoms. The summed E-state index contributed by atoms with van der Waals surface area (Å²) in [6.07, 6.45) is 0. The van der Waals surface area contributed by atoms with Crippen molar-refractivity contribution in [2.75, 3.05) is 0 Å². The quantitative estimate of drug-likeness (QED) is 0.402. The standard InChI is InChI=1S/C5H10INOS/c1-5(2,3)9(8)7-4-6/h4H,1-3H3/b7-4+/t9-/m0/s1. The molecule has 2 nitrogen and oxygen atoms in total. The molecule has 0 rings (SSSR count). The molecule has 0 aromatic heterocycles. The van der Waals surface area contributed by atoms with Crippen LogP contribution in [0.15, 0.2) is 4.40 Å². The molecule has 4 heteroatoms. The van der Waals surface area contributed by atoms with Gasteiger partial charge in [0.25, 0.3) is 0 Å². The zero-order valence-electron chi connectivity index (χ0n) is 5.72. The van der Waals surface area contributed by atoms with E-state index in [0.29, 0.717) is 0 Å². The van der Waals surface area contributed by atoms with E-state index in [0.717, 1.165) is 0 Å². The third kappa shape index (κ3) is 4.16. The van der Waals surface area contributed by atoms with E-state index in [9.17, 15) is 4.55 Å². The Kier molecular flexibility index (Phi) is 4.07. The van der Waals surface area contributed by atoms with Gasteiger partial charge in [-0.05, 0) is 43.4 Å². The molecule has 0 saturated heterocycles. The Bertz CT molecular complexity index is 110. The van der Waals surface area contributed by atoms with Crippen molar-refractivity contribution in [1.29, 1.82) is 0 Å². The third-order valence-electron chi connectivity index (χ3n) is 0.659. The summed E-state index contributed by atoms with van der Waals surface area (Å²) in [6, 6.07) is 0. The lowest BCUT2D eigenvalue weighted by atomic mass is 10.3. The molecule has 0 bridgehead atoms. The first-order valence-corrected chi connectivity index (χ1v) is 4.88. The van der Waals surface area contributed by atoms with Crippen LogP contribution in [0.25, 0.3) is 0 Å². The van der Waals surface area contributed by atoms with E-state index in [1.807, 2.05) is 43.4 Å². The van der Waals surface area contributed by atoms with Gasteiger partial charge >= 0.3 is 0 Å². The Morgan fingerprint density at radius 1 is 1.56 bits per heavy atom. The highest BCUT2D eigenvalue weighted by Crippen LogP contribution is 2.16. The fourth-order valence-electron chi connectivity index (χ4n) is 0.194. The number of halogens is 1. The van der Waals surface area contributed by atoms with Gasteiger partial charge < -0.3 is 4.55 Å². The van der Waals surface area contributed by atoms with E-state index in [2.05, 4.69) is 4.40 Å². The average molecular weight is 259 g/mol. The molecule has 0 aliphatic carbocycles. The highest BCUT2D eigenvalue weighted by Gasteiger charge is 2.25. The second-order valence-corrected chi connectivity index (χ2v) is 5.06. The summed E-state index contributed by atoms with van der Waals surface area (Å²) in [5.74, 6) is 0. The Morgan fingerprint density at radius 2 is 2.00 bits per heavy atom. The average Bonchev–Trinajstić information content (AvgIpc) is 1.64. The van der Waals surface area contributed by atoms with Gasteiger partial charge in [0.1, 0.15) is 20.3 Å². The zero-order chi connectivity index (χ0) is 7.49. The van der Waals surface area contributed by atoms with Crippen LogP contribution in [0.3, 0.4) is 0 Å². The van der Waals surface area contributed by atoms with Crippen LogP contribution in [0, 0.1) is 0 Å². The van der Waals surface area contributed by atoms with Gasteiger partial charge in [-0.1, -0.05) is 4.40 Å². The van der Waals surface area contributed by atoms with E-state index in [-0.39, 0.29) is 4.75 Å².